The van der Waals surface area contributed by atoms with Gasteiger partial charge in [0.1, 0.15) is 5.75 Å². The molecule has 0 bridgehead atoms. The Morgan fingerprint density at radius 2 is 2.00 bits per heavy atom. The lowest BCUT2D eigenvalue weighted by molar-refractivity contribution is -0.123. The van der Waals surface area contributed by atoms with Gasteiger partial charge in [-0.15, -0.1) is 0 Å². The van der Waals surface area contributed by atoms with E-state index in [1.54, 1.807) is 19.5 Å². The molecule has 23 heavy (non-hydrogen) atoms. The van der Waals surface area contributed by atoms with E-state index in [0.29, 0.717) is 10.9 Å². The van der Waals surface area contributed by atoms with Crippen molar-refractivity contribution in [3.63, 3.8) is 0 Å². The van der Waals surface area contributed by atoms with Crippen LogP contribution < -0.4 is 14.8 Å². The minimum Gasteiger partial charge on any atom is -0.496 e. The van der Waals surface area contributed by atoms with E-state index < -0.39 is 0 Å². The van der Waals surface area contributed by atoms with Gasteiger partial charge in [-0.1, -0.05) is 30.0 Å². The third-order valence-corrected chi connectivity index (χ3v) is 3.72. The summed E-state index contributed by atoms with van der Waals surface area (Å²) in [7, 11) is 1.61. The van der Waals surface area contributed by atoms with Crippen molar-refractivity contribution in [2.45, 2.75) is 18.1 Å². The Morgan fingerprint density at radius 1 is 1.30 bits per heavy atom. The molecule has 1 aromatic heterocycles. The molecule has 7 heteroatoms. The maximum absolute atomic E-state index is 12.0. The van der Waals surface area contributed by atoms with Crippen LogP contribution in [0.15, 0.2) is 41.8 Å². The number of methoxy groups -OCH3 is 1. The number of hydrogen-bond donors (Lipinski definition) is 1. The first kappa shape index (κ1) is 17.1. The highest BCUT2D eigenvalue weighted by molar-refractivity contribution is 7.98. The quantitative estimate of drug-likeness (QED) is 0.620. The normalized spacial score (nSPS) is 11.6. The van der Waals surface area contributed by atoms with Gasteiger partial charge in [0.15, 0.2) is 17.5 Å². The standard InChI is InChI=1S/C16H19N3O3S/c1-11(13-6-4-5-7-14(13)21-2)19-15(20)10-22-12-8-17-16(23-3)18-9-12/h4-9,11H,10H2,1-3H3,(H,19,20)/t11-/m0/s1. The van der Waals surface area contributed by atoms with Gasteiger partial charge in [-0.25, -0.2) is 9.97 Å². The number of nitrogens with one attached hydrogen (secondary N) is 1. The first-order chi connectivity index (χ1) is 11.1. The summed E-state index contributed by atoms with van der Waals surface area (Å²) in [6, 6.07) is 7.39. The van der Waals surface area contributed by atoms with Crippen molar-refractivity contribution in [2.24, 2.45) is 0 Å². The summed E-state index contributed by atoms with van der Waals surface area (Å²) >= 11 is 1.44. The molecule has 0 aliphatic rings. The highest BCUT2D eigenvalue weighted by Crippen LogP contribution is 2.24. The minimum absolute atomic E-state index is 0.0958. The van der Waals surface area contributed by atoms with Crippen LogP contribution in [0.4, 0.5) is 0 Å². The van der Waals surface area contributed by atoms with Crippen LogP contribution in [0, 0.1) is 0 Å². The van der Waals surface area contributed by atoms with Gasteiger partial charge in [0.05, 0.1) is 25.5 Å². The molecule has 0 saturated heterocycles. The lowest BCUT2D eigenvalue weighted by Crippen LogP contribution is -2.31. The Kier molecular flexibility index (Phi) is 6.22. The molecule has 0 fully saturated rings. The molecule has 1 N–H and O–H groups in total. The van der Waals surface area contributed by atoms with Crippen LogP contribution in [0.3, 0.4) is 0 Å². The SMILES string of the molecule is COc1ccccc1[C@H](C)NC(=O)COc1cnc(SC)nc1. The predicted octanol–water partition coefficient (Wildman–Crippen LogP) is 2.46. The second-order valence-electron chi connectivity index (χ2n) is 4.73. The zero-order valence-electron chi connectivity index (χ0n) is 13.3. The second kappa shape index (κ2) is 8.38. The number of ether oxygens (including phenoxy) is 2. The third kappa shape index (κ3) is 4.85. The molecule has 2 aromatic rings. The fourth-order valence-corrected chi connectivity index (χ4v) is 2.33. The molecule has 0 spiro atoms. The maximum atomic E-state index is 12.0. The molecule has 0 unspecified atom stereocenters. The fourth-order valence-electron chi connectivity index (χ4n) is 2.02. The minimum atomic E-state index is -0.225. The Balaban J connectivity index is 1.88. The number of carbonyl (C=O) groups excluding carboxylic acids is 1. The number of amides is 1. The van der Waals surface area contributed by atoms with Gasteiger partial charge in [0, 0.05) is 5.56 Å². The summed E-state index contributed by atoms with van der Waals surface area (Å²) < 4.78 is 10.7. The number of thioether (sulfide) groups is 1. The second-order valence-corrected chi connectivity index (χ2v) is 5.50. The van der Waals surface area contributed by atoms with Crippen molar-refractivity contribution >= 4 is 17.7 Å². The lowest BCUT2D eigenvalue weighted by Gasteiger charge is -2.17. The molecule has 122 valence electrons. The monoisotopic (exact) mass is 333 g/mol. The lowest BCUT2D eigenvalue weighted by atomic mass is 10.1. The van der Waals surface area contributed by atoms with Crippen LogP contribution in [-0.4, -0.2) is 35.8 Å². The van der Waals surface area contributed by atoms with Crippen molar-refractivity contribution in [3.8, 4) is 11.5 Å². The molecule has 0 aliphatic heterocycles. The zero-order valence-corrected chi connectivity index (χ0v) is 14.1. The summed E-state index contributed by atoms with van der Waals surface area (Å²) in [6.45, 7) is 1.80. The van der Waals surface area contributed by atoms with Gasteiger partial charge in [-0.3, -0.25) is 4.79 Å². The summed E-state index contributed by atoms with van der Waals surface area (Å²) in [5.74, 6) is 0.975. The Labute approximate surface area is 139 Å². The molecule has 2 rings (SSSR count). The number of benzene rings is 1. The molecule has 1 atom stereocenters. The van der Waals surface area contributed by atoms with Crippen LogP contribution in [0.5, 0.6) is 11.5 Å². The molecule has 0 saturated carbocycles. The number of carbonyl (C=O) groups is 1. The van der Waals surface area contributed by atoms with Gasteiger partial charge in [0.2, 0.25) is 0 Å². The summed E-state index contributed by atoms with van der Waals surface area (Å²) in [5, 5.41) is 3.53. The van der Waals surface area contributed by atoms with Crippen LogP contribution in [0.25, 0.3) is 0 Å². The highest BCUT2D eigenvalue weighted by Gasteiger charge is 2.14. The molecule has 0 aliphatic carbocycles. The first-order valence-corrected chi connectivity index (χ1v) is 8.27. The largest absolute Gasteiger partial charge is 0.496 e. The first-order valence-electron chi connectivity index (χ1n) is 7.05. The van der Waals surface area contributed by atoms with Gasteiger partial charge < -0.3 is 14.8 Å². The molecule has 1 amide bonds. The fraction of sp³-hybridized carbons (Fsp3) is 0.312. The number of aromatic nitrogens is 2. The van der Waals surface area contributed by atoms with E-state index in [-0.39, 0.29) is 18.6 Å². The number of hydrogen-bond acceptors (Lipinski definition) is 6. The van der Waals surface area contributed by atoms with E-state index in [4.69, 9.17) is 9.47 Å². The van der Waals surface area contributed by atoms with E-state index in [9.17, 15) is 4.79 Å². The van der Waals surface area contributed by atoms with Crippen LogP contribution >= 0.6 is 11.8 Å². The van der Waals surface area contributed by atoms with Crippen molar-refractivity contribution < 1.29 is 14.3 Å². The van der Waals surface area contributed by atoms with Gasteiger partial charge >= 0.3 is 0 Å². The van der Waals surface area contributed by atoms with E-state index >= 15 is 0 Å². The van der Waals surface area contributed by atoms with Crippen molar-refractivity contribution in [3.05, 3.63) is 42.2 Å². The number of nitrogens with zero attached hydrogens (tertiary/aromatic N) is 2. The zero-order chi connectivity index (χ0) is 16.7. The molecule has 1 heterocycles. The summed E-state index contributed by atoms with van der Waals surface area (Å²) in [5.41, 5.74) is 0.913. The van der Waals surface area contributed by atoms with Crippen LogP contribution in [0.2, 0.25) is 0 Å². The van der Waals surface area contributed by atoms with Gasteiger partial charge in [-0.2, -0.15) is 0 Å². The number of rotatable bonds is 7. The van der Waals surface area contributed by atoms with E-state index in [0.717, 1.165) is 11.3 Å². The Morgan fingerprint density at radius 3 is 2.65 bits per heavy atom. The maximum Gasteiger partial charge on any atom is 0.258 e. The van der Waals surface area contributed by atoms with E-state index in [1.807, 2.05) is 37.4 Å². The predicted molar refractivity (Wildman–Crippen MR) is 88.9 cm³/mol. The van der Waals surface area contributed by atoms with Crippen molar-refractivity contribution in [1.82, 2.24) is 15.3 Å². The van der Waals surface area contributed by atoms with Gasteiger partial charge in [-0.05, 0) is 19.2 Å². The Hall–Kier alpha value is -2.28. The van der Waals surface area contributed by atoms with Crippen LogP contribution in [0.1, 0.15) is 18.5 Å². The molecule has 6 nitrogen and oxygen atoms in total. The highest BCUT2D eigenvalue weighted by atomic mass is 32.2. The molecular weight excluding hydrogens is 314 g/mol. The number of para-hydroxylation sites is 1. The summed E-state index contributed by atoms with van der Waals surface area (Å²) in [4.78, 5) is 20.2. The molecule has 1 aromatic carbocycles. The van der Waals surface area contributed by atoms with Gasteiger partial charge in [0.25, 0.3) is 5.91 Å². The van der Waals surface area contributed by atoms with Crippen LogP contribution in [-0.2, 0) is 4.79 Å². The molecular formula is C16H19N3O3S. The third-order valence-electron chi connectivity index (χ3n) is 3.14. The molecule has 0 radical (unpaired) electrons. The smallest absolute Gasteiger partial charge is 0.258 e. The van der Waals surface area contributed by atoms with Crippen molar-refractivity contribution in [1.29, 1.82) is 0 Å². The van der Waals surface area contributed by atoms with Crippen molar-refractivity contribution in [2.75, 3.05) is 20.0 Å². The summed E-state index contributed by atoms with van der Waals surface area (Å²) in [6.07, 6.45) is 4.99. The average Bonchev–Trinajstić information content (AvgIpc) is 2.60. The van der Waals surface area contributed by atoms with E-state index in [2.05, 4.69) is 15.3 Å². The topological polar surface area (TPSA) is 73.3 Å². The average molecular weight is 333 g/mol. The Bertz CT molecular complexity index is 649. The van der Waals surface area contributed by atoms with E-state index in [1.165, 1.54) is 11.8 Å².